The molecule has 1 aliphatic carbocycles. The molecular weight excluding hydrogens is 562 g/mol. The number of amides is 2. The summed E-state index contributed by atoms with van der Waals surface area (Å²) in [6, 6.07) is 18.8. The third-order valence-corrected chi connectivity index (χ3v) is 9.89. The van der Waals surface area contributed by atoms with E-state index in [0.717, 1.165) is 47.9 Å². The largest absolute Gasteiger partial charge is 0.497 e. The molecule has 9 heteroatoms. The summed E-state index contributed by atoms with van der Waals surface area (Å²) < 4.78 is 34.8. The minimum absolute atomic E-state index is 0.0906. The molecule has 1 N–H and O–H groups in total. The van der Waals surface area contributed by atoms with Crippen LogP contribution in [0.15, 0.2) is 71.6 Å². The lowest BCUT2D eigenvalue weighted by Crippen LogP contribution is -2.53. The van der Waals surface area contributed by atoms with E-state index in [4.69, 9.17) is 4.74 Å². The van der Waals surface area contributed by atoms with Gasteiger partial charge in [0.2, 0.25) is 11.8 Å². The lowest BCUT2D eigenvalue weighted by molar-refractivity contribution is -0.140. The van der Waals surface area contributed by atoms with E-state index in [0.29, 0.717) is 17.9 Å². The number of aryl methyl sites for hydroxylation is 3. The fourth-order valence-electron chi connectivity index (χ4n) is 5.55. The minimum Gasteiger partial charge on any atom is -0.497 e. The second-order valence-electron chi connectivity index (χ2n) is 11.4. The number of methoxy groups -OCH3 is 1. The van der Waals surface area contributed by atoms with Gasteiger partial charge in [0, 0.05) is 12.6 Å². The Morgan fingerprint density at radius 1 is 0.930 bits per heavy atom. The quantitative estimate of drug-likeness (QED) is 0.287. The molecule has 0 heterocycles. The molecule has 0 aliphatic heterocycles. The molecule has 0 bridgehead atoms. The molecule has 1 fully saturated rings. The number of carbonyl (C=O) groups excluding carboxylic acids is 2. The topological polar surface area (TPSA) is 96.0 Å². The van der Waals surface area contributed by atoms with Crippen molar-refractivity contribution in [1.29, 1.82) is 0 Å². The molecule has 230 valence electrons. The number of nitrogens with zero attached hydrogens (tertiary/aromatic N) is 2. The molecule has 0 aromatic heterocycles. The Morgan fingerprint density at radius 3 is 2.16 bits per heavy atom. The summed E-state index contributed by atoms with van der Waals surface area (Å²) in [5.41, 5.74) is 3.76. The Kier molecular flexibility index (Phi) is 10.5. The molecule has 0 radical (unpaired) electrons. The molecule has 43 heavy (non-hydrogen) atoms. The van der Waals surface area contributed by atoms with Crippen molar-refractivity contribution in [1.82, 2.24) is 10.2 Å². The normalized spacial score (nSPS) is 14.3. The van der Waals surface area contributed by atoms with Crippen LogP contribution in [-0.2, 0) is 26.2 Å². The fourth-order valence-corrected chi connectivity index (χ4v) is 7.02. The van der Waals surface area contributed by atoms with Gasteiger partial charge in [0.15, 0.2) is 0 Å². The molecule has 1 atom stereocenters. The molecule has 8 nitrogen and oxygen atoms in total. The molecule has 0 unspecified atom stereocenters. The highest BCUT2D eigenvalue weighted by Crippen LogP contribution is 2.29. The van der Waals surface area contributed by atoms with E-state index in [2.05, 4.69) is 5.32 Å². The second-order valence-corrected chi connectivity index (χ2v) is 13.3. The van der Waals surface area contributed by atoms with E-state index in [9.17, 15) is 18.0 Å². The first-order valence-electron chi connectivity index (χ1n) is 14.9. The maximum Gasteiger partial charge on any atom is 0.264 e. The highest BCUT2D eigenvalue weighted by molar-refractivity contribution is 7.92. The first kappa shape index (κ1) is 32.1. The van der Waals surface area contributed by atoms with Crippen LogP contribution in [0.2, 0.25) is 0 Å². The molecule has 3 aromatic carbocycles. The second kappa shape index (κ2) is 14.1. The number of hydrogen-bond acceptors (Lipinski definition) is 5. The van der Waals surface area contributed by atoms with Crippen molar-refractivity contribution in [3.63, 3.8) is 0 Å². The highest BCUT2D eigenvalue weighted by Gasteiger charge is 2.35. The summed E-state index contributed by atoms with van der Waals surface area (Å²) in [5.74, 6) is 0.00899. The molecule has 1 aliphatic rings. The van der Waals surface area contributed by atoms with Gasteiger partial charge in [-0.1, -0.05) is 61.7 Å². The first-order valence-corrected chi connectivity index (χ1v) is 16.4. The lowest BCUT2D eigenvalue weighted by atomic mass is 10.1. The van der Waals surface area contributed by atoms with E-state index in [1.165, 1.54) is 9.21 Å². The average molecular weight is 606 g/mol. The van der Waals surface area contributed by atoms with Crippen LogP contribution in [0.25, 0.3) is 0 Å². The zero-order valence-electron chi connectivity index (χ0n) is 25.8. The van der Waals surface area contributed by atoms with Crippen LogP contribution in [0.4, 0.5) is 5.69 Å². The van der Waals surface area contributed by atoms with Crippen molar-refractivity contribution >= 4 is 27.5 Å². The lowest BCUT2D eigenvalue weighted by Gasteiger charge is -2.34. The summed E-state index contributed by atoms with van der Waals surface area (Å²) in [6.45, 7) is 7.17. The van der Waals surface area contributed by atoms with E-state index >= 15 is 0 Å². The van der Waals surface area contributed by atoms with Crippen molar-refractivity contribution in [2.24, 2.45) is 0 Å². The van der Waals surface area contributed by atoms with Crippen LogP contribution < -0.4 is 14.4 Å². The van der Waals surface area contributed by atoms with Crippen molar-refractivity contribution in [2.75, 3.05) is 18.0 Å². The van der Waals surface area contributed by atoms with Crippen LogP contribution >= 0.6 is 0 Å². The average Bonchev–Trinajstić information content (AvgIpc) is 3.50. The van der Waals surface area contributed by atoms with Gasteiger partial charge >= 0.3 is 0 Å². The minimum atomic E-state index is -4.12. The monoisotopic (exact) mass is 605 g/mol. The van der Waals surface area contributed by atoms with Crippen molar-refractivity contribution in [3.8, 4) is 5.75 Å². The van der Waals surface area contributed by atoms with Gasteiger partial charge in [0.05, 0.1) is 17.7 Å². The van der Waals surface area contributed by atoms with Crippen LogP contribution in [0.1, 0.15) is 61.3 Å². The predicted molar refractivity (Wildman–Crippen MR) is 170 cm³/mol. The Bertz CT molecular complexity index is 1510. The third kappa shape index (κ3) is 7.76. The van der Waals surface area contributed by atoms with Crippen molar-refractivity contribution in [3.05, 3.63) is 89.0 Å². The maximum atomic E-state index is 14.3. The van der Waals surface area contributed by atoms with Crippen molar-refractivity contribution < 1.29 is 22.7 Å². The molecule has 3 aromatic rings. The fraction of sp³-hybridized carbons (Fsp3) is 0.412. The zero-order chi connectivity index (χ0) is 31.1. The van der Waals surface area contributed by atoms with Crippen molar-refractivity contribution in [2.45, 2.75) is 83.3 Å². The molecular formula is C34H43N3O5S. The number of hydrogen-bond donors (Lipinski definition) is 1. The number of nitrogens with one attached hydrogen (secondary N) is 1. The highest BCUT2D eigenvalue weighted by atomic mass is 32.2. The Morgan fingerprint density at radius 2 is 1.56 bits per heavy atom. The molecule has 2 amide bonds. The Balaban J connectivity index is 1.74. The van der Waals surface area contributed by atoms with Gasteiger partial charge in [-0.05, 0) is 87.1 Å². The van der Waals surface area contributed by atoms with Gasteiger partial charge in [-0.25, -0.2) is 8.42 Å². The van der Waals surface area contributed by atoms with Crippen LogP contribution in [0.3, 0.4) is 0 Å². The van der Waals surface area contributed by atoms with Gasteiger partial charge in [-0.3, -0.25) is 13.9 Å². The number of rotatable bonds is 12. The van der Waals surface area contributed by atoms with E-state index < -0.39 is 28.5 Å². The molecule has 0 saturated heterocycles. The zero-order valence-corrected chi connectivity index (χ0v) is 26.6. The number of sulfonamides is 1. The number of benzene rings is 3. The van der Waals surface area contributed by atoms with Crippen LogP contribution in [-0.4, -0.2) is 50.9 Å². The molecule has 4 rings (SSSR count). The number of anilines is 1. The summed E-state index contributed by atoms with van der Waals surface area (Å²) in [4.78, 5) is 29.6. The summed E-state index contributed by atoms with van der Waals surface area (Å²) in [7, 11) is -2.54. The molecule has 0 spiro atoms. The first-order chi connectivity index (χ1) is 20.5. The summed E-state index contributed by atoms with van der Waals surface area (Å²) in [6.07, 6.45) is 4.36. The number of ether oxygens (including phenoxy) is 1. The Labute approximate surface area is 256 Å². The van der Waals surface area contributed by atoms with E-state index in [1.807, 2.05) is 64.1 Å². The SMILES string of the molecule is CC[C@@H](C(=O)NC1CCCC1)N(Cc1ccc(OC)cc1)C(=O)CN(c1cc(C)ccc1C)S(=O)(=O)c1ccc(C)cc1. The van der Waals surface area contributed by atoms with Gasteiger partial charge < -0.3 is 15.0 Å². The maximum absolute atomic E-state index is 14.3. The van der Waals surface area contributed by atoms with Gasteiger partial charge in [0.1, 0.15) is 18.3 Å². The van der Waals surface area contributed by atoms with Gasteiger partial charge in [-0.15, -0.1) is 0 Å². The third-order valence-electron chi connectivity index (χ3n) is 8.12. The van der Waals surface area contributed by atoms with Crippen LogP contribution in [0, 0.1) is 20.8 Å². The van der Waals surface area contributed by atoms with E-state index in [-0.39, 0.29) is 23.4 Å². The smallest absolute Gasteiger partial charge is 0.264 e. The van der Waals surface area contributed by atoms with Crippen LogP contribution in [0.5, 0.6) is 5.75 Å². The molecule has 1 saturated carbocycles. The van der Waals surface area contributed by atoms with Gasteiger partial charge in [-0.2, -0.15) is 0 Å². The summed E-state index contributed by atoms with van der Waals surface area (Å²) >= 11 is 0. The predicted octanol–water partition coefficient (Wildman–Crippen LogP) is 5.68. The van der Waals surface area contributed by atoms with Gasteiger partial charge in [0.25, 0.3) is 10.0 Å². The van der Waals surface area contributed by atoms with E-state index in [1.54, 1.807) is 37.4 Å². The standard InChI is InChI=1S/C34H43N3O5S/c1-6-31(34(39)35-28-9-7-8-10-28)36(22-27-15-17-29(42-5)18-16-27)33(38)23-37(32-21-25(3)11-14-26(32)4)43(40,41)30-19-12-24(2)13-20-30/h11-21,28,31H,6-10,22-23H2,1-5H3,(H,35,39)/t31-/m0/s1. The Hall–Kier alpha value is -3.85. The number of carbonyl (C=O) groups is 2. The summed E-state index contributed by atoms with van der Waals surface area (Å²) in [5, 5.41) is 3.15.